The van der Waals surface area contributed by atoms with Crippen LogP contribution in [0.2, 0.25) is 0 Å². The minimum absolute atomic E-state index is 0.778. The van der Waals surface area contributed by atoms with Crippen molar-refractivity contribution >= 4 is 34.3 Å². The lowest BCUT2D eigenvalue weighted by Crippen LogP contribution is -2.47. The number of anilines is 2. The van der Waals surface area contributed by atoms with E-state index in [2.05, 4.69) is 38.6 Å². The lowest BCUT2D eigenvalue weighted by molar-refractivity contribution is 0.635. The molecule has 140 valence electrons. The van der Waals surface area contributed by atoms with Gasteiger partial charge in [-0.1, -0.05) is 11.8 Å². The normalized spacial score (nSPS) is 14.8. The maximum atomic E-state index is 4.76. The number of piperazine rings is 1. The summed E-state index contributed by atoms with van der Waals surface area (Å²) in [5, 5.41) is 1.89. The van der Waals surface area contributed by atoms with Gasteiger partial charge in [0.05, 0.1) is 11.7 Å². The zero-order valence-electron chi connectivity index (χ0n) is 16.1. The molecule has 4 rings (SSSR count). The van der Waals surface area contributed by atoms with Crippen LogP contribution < -0.4 is 9.80 Å². The fourth-order valence-electron chi connectivity index (χ4n) is 3.44. The molecule has 0 spiro atoms. The van der Waals surface area contributed by atoms with Crippen molar-refractivity contribution < 1.29 is 0 Å². The average Bonchev–Trinajstić information content (AvgIpc) is 2.69. The number of thioether (sulfide) groups is 1. The van der Waals surface area contributed by atoms with E-state index in [1.54, 1.807) is 24.2 Å². The highest BCUT2D eigenvalue weighted by Gasteiger charge is 2.23. The molecule has 0 amide bonds. The molecule has 1 aliphatic rings. The van der Waals surface area contributed by atoms with Gasteiger partial charge in [0.1, 0.15) is 17.5 Å². The lowest BCUT2D eigenvalue weighted by atomic mass is 10.2. The molecule has 27 heavy (non-hydrogen) atoms. The third kappa shape index (κ3) is 3.41. The summed E-state index contributed by atoms with van der Waals surface area (Å²) in [6, 6.07) is 2.00. The Kier molecular flexibility index (Phi) is 4.82. The first kappa shape index (κ1) is 17.9. The predicted molar refractivity (Wildman–Crippen MR) is 110 cm³/mol. The quantitative estimate of drug-likeness (QED) is 0.507. The average molecular weight is 382 g/mol. The maximum absolute atomic E-state index is 4.76. The van der Waals surface area contributed by atoms with E-state index in [1.165, 1.54) is 0 Å². The molecule has 8 heteroatoms. The monoisotopic (exact) mass is 381 g/mol. The van der Waals surface area contributed by atoms with Crippen molar-refractivity contribution in [2.75, 3.05) is 42.2 Å². The summed E-state index contributed by atoms with van der Waals surface area (Å²) in [7, 11) is 0. The van der Waals surface area contributed by atoms with Crippen LogP contribution in [0.3, 0.4) is 0 Å². The van der Waals surface area contributed by atoms with Crippen molar-refractivity contribution in [2.24, 2.45) is 0 Å². The fraction of sp³-hybridized carbons (Fsp3) is 0.421. The van der Waals surface area contributed by atoms with E-state index < -0.39 is 0 Å². The number of fused-ring (bicyclic) bond motifs is 1. The molecule has 0 radical (unpaired) electrons. The highest BCUT2D eigenvalue weighted by atomic mass is 32.2. The Labute approximate surface area is 163 Å². The van der Waals surface area contributed by atoms with Crippen LogP contribution in [0.25, 0.3) is 10.9 Å². The van der Waals surface area contributed by atoms with Gasteiger partial charge in [0.25, 0.3) is 0 Å². The minimum Gasteiger partial charge on any atom is -0.353 e. The van der Waals surface area contributed by atoms with Crippen LogP contribution in [0.1, 0.15) is 17.1 Å². The van der Waals surface area contributed by atoms with Crippen molar-refractivity contribution in [1.82, 2.24) is 24.9 Å². The molecule has 1 fully saturated rings. The molecule has 0 saturated carbocycles. The highest BCUT2D eigenvalue weighted by Crippen LogP contribution is 2.27. The molecule has 1 aliphatic heterocycles. The molecule has 3 aromatic rings. The SMILES string of the molecule is CSc1nc(C)c(C)c(N2CCN(c3nc(C)nc4cnccc34)CC2)n1. The van der Waals surface area contributed by atoms with Gasteiger partial charge in [0.15, 0.2) is 5.16 Å². The lowest BCUT2D eigenvalue weighted by Gasteiger charge is -2.37. The number of pyridine rings is 1. The first-order valence-corrected chi connectivity index (χ1v) is 10.3. The number of hydrogen-bond donors (Lipinski definition) is 0. The van der Waals surface area contributed by atoms with Gasteiger partial charge in [-0.2, -0.15) is 0 Å². The van der Waals surface area contributed by atoms with Crippen LogP contribution in [0.15, 0.2) is 23.6 Å². The summed E-state index contributed by atoms with van der Waals surface area (Å²) >= 11 is 1.59. The largest absolute Gasteiger partial charge is 0.353 e. The Morgan fingerprint density at radius 1 is 0.889 bits per heavy atom. The third-order valence-corrected chi connectivity index (χ3v) is 5.54. The molecule has 1 saturated heterocycles. The molecule has 0 aromatic carbocycles. The molecular weight excluding hydrogens is 358 g/mol. The van der Waals surface area contributed by atoms with Gasteiger partial charge in [-0.3, -0.25) is 4.98 Å². The van der Waals surface area contributed by atoms with Crippen LogP contribution in [0, 0.1) is 20.8 Å². The van der Waals surface area contributed by atoms with Gasteiger partial charge in [0.2, 0.25) is 0 Å². The van der Waals surface area contributed by atoms with Crippen LogP contribution in [-0.4, -0.2) is 57.4 Å². The van der Waals surface area contributed by atoms with Gasteiger partial charge in [-0.05, 0) is 33.1 Å². The Hall–Kier alpha value is -2.48. The molecule has 4 heterocycles. The third-order valence-electron chi connectivity index (χ3n) is 5.00. The summed E-state index contributed by atoms with van der Waals surface area (Å²) < 4.78 is 0. The molecule has 0 aliphatic carbocycles. The first-order valence-electron chi connectivity index (χ1n) is 9.04. The molecule has 0 unspecified atom stereocenters. The second-order valence-electron chi connectivity index (χ2n) is 6.71. The van der Waals surface area contributed by atoms with E-state index in [0.717, 1.165) is 71.0 Å². The van der Waals surface area contributed by atoms with E-state index in [0.29, 0.717) is 0 Å². The van der Waals surface area contributed by atoms with Crippen molar-refractivity contribution in [3.63, 3.8) is 0 Å². The Morgan fingerprint density at radius 2 is 1.59 bits per heavy atom. The van der Waals surface area contributed by atoms with E-state index >= 15 is 0 Å². The van der Waals surface area contributed by atoms with Gasteiger partial charge in [-0.15, -0.1) is 0 Å². The second-order valence-corrected chi connectivity index (χ2v) is 7.48. The van der Waals surface area contributed by atoms with Crippen molar-refractivity contribution in [3.8, 4) is 0 Å². The number of rotatable bonds is 3. The van der Waals surface area contributed by atoms with E-state index in [9.17, 15) is 0 Å². The van der Waals surface area contributed by atoms with Crippen molar-refractivity contribution in [1.29, 1.82) is 0 Å². The Bertz CT molecular complexity index is 983. The summed E-state index contributed by atoms with van der Waals surface area (Å²) in [6.45, 7) is 9.69. The second kappa shape index (κ2) is 7.26. The van der Waals surface area contributed by atoms with Gasteiger partial charge < -0.3 is 9.80 Å². The van der Waals surface area contributed by atoms with Gasteiger partial charge >= 0.3 is 0 Å². The zero-order valence-corrected chi connectivity index (χ0v) is 16.9. The number of nitrogens with zero attached hydrogens (tertiary/aromatic N) is 7. The first-order chi connectivity index (χ1) is 13.1. The van der Waals surface area contributed by atoms with Crippen LogP contribution in [-0.2, 0) is 0 Å². The molecule has 3 aromatic heterocycles. The van der Waals surface area contributed by atoms with E-state index in [4.69, 9.17) is 9.97 Å². The molecule has 0 atom stereocenters. The molecule has 7 nitrogen and oxygen atoms in total. The van der Waals surface area contributed by atoms with E-state index in [-0.39, 0.29) is 0 Å². The van der Waals surface area contributed by atoms with E-state index in [1.807, 2.05) is 19.2 Å². The van der Waals surface area contributed by atoms with Crippen molar-refractivity contribution in [3.05, 3.63) is 35.5 Å². The van der Waals surface area contributed by atoms with Gasteiger partial charge in [-0.25, -0.2) is 19.9 Å². The highest BCUT2D eigenvalue weighted by molar-refractivity contribution is 7.98. The maximum Gasteiger partial charge on any atom is 0.189 e. The van der Waals surface area contributed by atoms with Crippen LogP contribution in [0.4, 0.5) is 11.6 Å². The van der Waals surface area contributed by atoms with Crippen LogP contribution in [0.5, 0.6) is 0 Å². The summed E-state index contributed by atoms with van der Waals surface area (Å²) in [6.07, 6.45) is 5.63. The fourth-order valence-corrected chi connectivity index (χ4v) is 3.84. The zero-order chi connectivity index (χ0) is 19.0. The summed E-state index contributed by atoms with van der Waals surface area (Å²) in [5.74, 6) is 2.83. The molecule has 0 bridgehead atoms. The summed E-state index contributed by atoms with van der Waals surface area (Å²) in [5.41, 5.74) is 3.11. The Morgan fingerprint density at radius 3 is 2.30 bits per heavy atom. The number of aromatic nitrogens is 5. The number of hydrogen-bond acceptors (Lipinski definition) is 8. The number of aryl methyl sites for hydroxylation is 2. The smallest absolute Gasteiger partial charge is 0.189 e. The summed E-state index contributed by atoms with van der Waals surface area (Å²) in [4.78, 5) is 27.4. The standard InChI is InChI=1S/C19H23N7S/c1-12-13(2)21-19(27-4)24-17(12)25-7-9-26(10-8-25)18-15-5-6-20-11-16(15)22-14(3)23-18/h5-6,11H,7-10H2,1-4H3. The predicted octanol–water partition coefficient (Wildman–Crippen LogP) is 2.79. The Balaban J connectivity index is 1.59. The topological polar surface area (TPSA) is 70.9 Å². The van der Waals surface area contributed by atoms with Crippen LogP contribution >= 0.6 is 11.8 Å². The minimum atomic E-state index is 0.778. The molecular formula is C19H23N7S. The van der Waals surface area contributed by atoms with Crippen molar-refractivity contribution in [2.45, 2.75) is 25.9 Å². The molecule has 0 N–H and O–H groups in total. The van der Waals surface area contributed by atoms with Gasteiger partial charge in [0, 0.05) is 49.0 Å².